The summed E-state index contributed by atoms with van der Waals surface area (Å²) in [5, 5.41) is 4.77. The average molecular weight is 398 g/mol. The molecule has 0 aliphatic rings. The molecule has 0 unspecified atom stereocenters. The third-order valence-corrected chi connectivity index (χ3v) is 5.68. The fourth-order valence-corrected chi connectivity index (χ4v) is 3.71. The summed E-state index contributed by atoms with van der Waals surface area (Å²) in [6.45, 7) is 13.5. The topological polar surface area (TPSA) is 25.2 Å². The minimum atomic E-state index is 0.0893. The summed E-state index contributed by atoms with van der Waals surface area (Å²) < 4.78 is 5.85. The van der Waals surface area contributed by atoms with Gasteiger partial charge in [-0.1, -0.05) is 84.0 Å². The molecule has 1 N–H and O–H groups in total. The van der Waals surface area contributed by atoms with Gasteiger partial charge in [0, 0.05) is 16.6 Å². The highest BCUT2D eigenvalue weighted by atomic mass is 16.3. The number of furan rings is 1. The van der Waals surface area contributed by atoms with Gasteiger partial charge in [0.1, 0.15) is 11.8 Å². The number of benzene rings is 3. The van der Waals surface area contributed by atoms with Crippen molar-refractivity contribution >= 4 is 22.3 Å². The smallest absolute Gasteiger partial charge is 0.136 e. The Balaban J connectivity index is 1.82. The lowest BCUT2D eigenvalue weighted by Gasteiger charge is -2.22. The van der Waals surface area contributed by atoms with Gasteiger partial charge in [0.25, 0.3) is 0 Å². The van der Waals surface area contributed by atoms with Gasteiger partial charge in [0.2, 0.25) is 0 Å². The zero-order chi connectivity index (χ0) is 21.5. The molecule has 154 valence electrons. The number of hydrogen-bond acceptors (Lipinski definition) is 2. The Morgan fingerprint density at radius 3 is 1.97 bits per heavy atom. The van der Waals surface area contributed by atoms with Crippen molar-refractivity contribution in [2.75, 3.05) is 5.32 Å². The van der Waals surface area contributed by atoms with Crippen LogP contribution in [0.2, 0.25) is 0 Å². The van der Waals surface area contributed by atoms with Crippen LogP contribution in [0.25, 0.3) is 22.1 Å². The predicted molar refractivity (Wildman–Crippen MR) is 129 cm³/mol. The molecule has 0 bridgehead atoms. The number of hydrogen-bond donors (Lipinski definition) is 1. The first kappa shape index (κ1) is 20.3. The molecule has 0 atom stereocenters. The van der Waals surface area contributed by atoms with Gasteiger partial charge in [-0.2, -0.15) is 0 Å². The largest absolute Gasteiger partial charge is 0.462 e. The molecule has 0 amide bonds. The van der Waals surface area contributed by atoms with Crippen molar-refractivity contribution in [3.63, 3.8) is 0 Å². The van der Waals surface area contributed by atoms with E-state index in [-0.39, 0.29) is 10.8 Å². The minimum absolute atomic E-state index is 0.0893. The van der Waals surface area contributed by atoms with Crippen molar-refractivity contribution in [3.8, 4) is 11.1 Å². The maximum atomic E-state index is 5.85. The molecule has 0 fully saturated rings. The lowest BCUT2D eigenvalue weighted by atomic mass is 9.85. The van der Waals surface area contributed by atoms with Crippen LogP contribution in [-0.2, 0) is 10.8 Å². The summed E-state index contributed by atoms with van der Waals surface area (Å²) in [6, 6.07) is 23.8. The fourth-order valence-electron chi connectivity index (χ4n) is 3.71. The van der Waals surface area contributed by atoms with Crippen molar-refractivity contribution in [1.29, 1.82) is 0 Å². The Kier molecular flexibility index (Phi) is 4.97. The second-order valence-corrected chi connectivity index (χ2v) is 10.1. The van der Waals surface area contributed by atoms with E-state index in [9.17, 15) is 0 Å². The molecule has 0 saturated heterocycles. The summed E-state index contributed by atoms with van der Waals surface area (Å²) in [7, 11) is 0. The highest BCUT2D eigenvalue weighted by molar-refractivity contribution is 5.95. The van der Waals surface area contributed by atoms with E-state index in [2.05, 4.69) is 114 Å². The molecule has 4 aromatic rings. The van der Waals surface area contributed by atoms with Crippen LogP contribution in [0.15, 0.2) is 77.4 Å². The molecule has 0 saturated carbocycles. The summed E-state index contributed by atoms with van der Waals surface area (Å²) in [4.78, 5) is 0. The lowest BCUT2D eigenvalue weighted by Crippen LogP contribution is -2.11. The zero-order valence-corrected chi connectivity index (χ0v) is 18.8. The molecule has 0 spiro atoms. The molecule has 2 heteroatoms. The van der Waals surface area contributed by atoms with Crippen LogP contribution in [0, 0.1) is 0 Å². The first-order valence-electron chi connectivity index (χ1n) is 10.6. The van der Waals surface area contributed by atoms with Gasteiger partial charge in [-0.15, -0.1) is 0 Å². The standard InChI is InChI=1S/C28H31NO/c1-27(2,3)20-12-14-24(22(16-20)19-10-8-7-9-11-19)29-25-18-30-26-15-13-21(17-23(25)26)28(4,5)6/h7-18,29H,1-6H3. The molecule has 0 aliphatic carbocycles. The number of nitrogens with one attached hydrogen (secondary N) is 1. The van der Waals surface area contributed by atoms with Crippen LogP contribution in [0.1, 0.15) is 52.7 Å². The molecular formula is C28H31NO. The van der Waals surface area contributed by atoms with Gasteiger partial charge in [-0.25, -0.2) is 0 Å². The van der Waals surface area contributed by atoms with E-state index < -0.39 is 0 Å². The Morgan fingerprint density at radius 2 is 1.30 bits per heavy atom. The first-order valence-corrected chi connectivity index (χ1v) is 10.6. The van der Waals surface area contributed by atoms with Gasteiger partial charge in [-0.05, 0) is 51.8 Å². The average Bonchev–Trinajstić information content (AvgIpc) is 3.09. The summed E-state index contributed by atoms with van der Waals surface area (Å²) in [5.41, 5.74) is 8.18. The van der Waals surface area contributed by atoms with Gasteiger partial charge in [0.15, 0.2) is 0 Å². The number of anilines is 2. The van der Waals surface area contributed by atoms with Crippen molar-refractivity contribution in [2.45, 2.75) is 52.4 Å². The van der Waals surface area contributed by atoms with E-state index in [0.717, 1.165) is 22.3 Å². The zero-order valence-electron chi connectivity index (χ0n) is 18.8. The Labute approximate surface area is 179 Å². The Hall–Kier alpha value is -3.00. The van der Waals surface area contributed by atoms with Crippen LogP contribution >= 0.6 is 0 Å². The quantitative estimate of drug-likeness (QED) is 0.375. The summed E-state index contributed by atoms with van der Waals surface area (Å²) >= 11 is 0. The van der Waals surface area contributed by atoms with E-state index in [1.165, 1.54) is 22.3 Å². The molecular weight excluding hydrogens is 366 g/mol. The normalized spacial score (nSPS) is 12.3. The van der Waals surface area contributed by atoms with E-state index >= 15 is 0 Å². The van der Waals surface area contributed by atoms with Crippen LogP contribution in [0.4, 0.5) is 11.4 Å². The van der Waals surface area contributed by atoms with Crippen LogP contribution < -0.4 is 5.32 Å². The van der Waals surface area contributed by atoms with Crippen molar-refractivity contribution in [1.82, 2.24) is 0 Å². The first-order chi connectivity index (χ1) is 14.1. The van der Waals surface area contributed by atoms with E-state index in [0.29, 0.717) is 0 Å². The molecule has 0 aliphatic heterocycles. The van der Waals surface area contributed by atoms with Crippen molar-refractivity contribution < 1.29 is 4.42 Å². The summed E-state index contributed by atoms with van der Waals surface area (Å²) in [5.74, 6) is 0. The molecule has 4 rings (SSSR count). The monoisotopic (exact) mass is 397 g/mol. The second kappa shape index (κ2) is 7.36. The predicted octanol–water partition coefficient (Wildman–Crippen LogP) is 8.44. The molecule has 2 nitrogen and oxygen atoms in total. The third-order valence-electron chi connectivity index (χ3n) is 5.68. The molecule has 3 aromatic carbocycles. The van der Waals surface area contributed by atoms with Crippen LogP contribution in [0.3, 0.4) is 0 Å². The Morgan fingerprint density at radius 1 is 0.667 bits per heavy atom. The Bertz CT molecular complexity index is 1170. The molecule has 30 heavy (non-hydrogen) atoms. The number of rotatable bonds is 3. The van der Waals surface area contributed by atoms with E-state index in [1.807, 2.05) is 6.26 Å². The van der Waals surface area contributed by atoms with Crippen molar-refractivity contribution in [3.05, 3.63) is 84.1 Å². The van der Waals surface area contributed by atoms with Crippen molar-refractivity contribution in [2.24, 2.45) is 0 Å². The molecule has 0 radical (unpaired) electrons. The van der Waals surface area contributed by atoms with Gasteiger partial charge in [-0.3, -0.25) is 0 Å². The van der Waals surface area contributed by atoms with Gasteiger partial charge in [0.05, 0.1) is 5.69 Å². The maximum absolute atomic E-state index is 5.85. The minimum Gasteiger partial charge on any atom is -0.462 e. The fraction of sp³-hybridized carbons (Fsp3) is 0.286. The molecule has 1 aromatic heterocycles. The third kappa shape index (κ3) is 4.00. The van der Waals surface area contributed by atoms with E-state index in [1.54, 1.807) is 0 Å². The van der Waals surface area contributed by atoms with Gasteiger partial charge < -0.3 is 9.73 Å². The van der Waals surface area contributed by atoms with Gasteiger partial charge >= 0.3 is 0 Å². The maximum Gasteiger partial charge on any atom is 0.136 e. The number of fused-ring (bicyclic) bond motifs is 1. The summed E-state index contributed by atoms with van der Waals surface area (Å²) in [6.07, 6.45) is 1.82. The van der Waals surface area contributed by atoms with E-state index in [4.69, 9.17) is 4.42 Å². The highest BCUT2D eigenvalue weighted by Crippen LogP contribution is 2.38. The molecule has 1 heterocycles. The second-order valence-electron chi connectivity index (χ2n) is 10.1. The highest BCUT2D eigenvalue weighted by Gasteiger charge is 2.19. The SMILES string of the molecule is CC(C)(C)c1ccc(Nc2coc3ccc(C(C)(C)C)cc23)c(-c2ccccc2)c1. The van der Waals surface area contributed by atoms with Crippen LogP contribution in [0.5, 0.6) is 0 Å². The lowest BCUT2D eigenvalue weighted by molar-refractivity contribution is 0.589. The van der Waals surface area contributed by atoms with Crippen LogP contribution in [-0.4, -0.2) is 0 Å².